The Kier molecular flexibility index (Phi) is 4.66. The molecule has 4 nitrogen and oxygen atoms in total. The van der Waals surface area contributed by atoms with Crippen molar-refractivity contribution >= 4 is 20.8 Å². The van der Waals surface area contributed by atoms with Gasteiger partial charge >= 0.3 is 0 Å². The zero-order valence-electron chi connectivity index (χ0n) is 13.3. The summed E-state index contributed by atoms with van der Waals surface area (Å²) in [6.07, 6.45) is -0.869. The molecule has 5 heteroatoms. The molecule has 3 rings (SSSR count). The molecule has 0 aliphatic carbocycles. The van der Waals surface area contributed by atoms with E-state index in [1.165, 1.54) is 11.4 Å². The molecule has 0 saturated heterocycles. The van der Waals surface area contributed by atoms with Gasteiger partial charge in [0.2, 0.25) is 10.0 Å². The van der Waals surface area contributed by atoms with Crippen molar-refractivity contribution in [1.29, 1.82) is 0 Å². The van der Waals surface area contributed by atoms with Gasteiger partial charge in [-0.2, -0.15) is 4.31 Å². The van der Waals surface area contributed by atoms with Crippen LogP contribution in [0.3, 0.4) is 0 Å². The van der Waals surface area contributed by atoms with Crippen LogP contribution in [0.2, 0.25) is 0 Å². The molecule has 0 heterocycles. The predicted octanol–water partition coefficient (Wildman–Crippen LogP) is 3.19. The number of likely N-dealkylation sites (N-methyl/N-ethyl adjacent to an activating group) is 1. The molecule has 1 N–H and O–H groups in total. The average Bonchev–Trinajstić information content (AvgIpc) is 2.61. The quantitative estimate of drug-likeness (QED) is 0.775. The van der Waals surface area contributed by atoms with Gasteiger partial charge in [0, 0.05) is 13.6 Å². The van der Waals surface area contributed by atoms with E-state index in [9.17, 15) is 13.5 Å². The molecule has 0 aromatic heterocycles. The fourth-order valence-corrected chi connectivity index (χ4v) is 3.84. The monoisotopic (exact) mass is 341 g/mol. The van der Waals surface area contributed by atoms with E-state index in [0.29, 0.717) is 5.56 Å². The molecule has 3 aromatic rings. The van der Waals surface area contributed by atoms with Gasteiger partial charge in [0.05, 0.1) is 11.0 Å². The summed E-state index contributed by atoms with van der Waals surface area (Å²) in [5, 5.41) is 12.1. The van der Waals surface area contributed by atoms with Crippen LogP contribution in [0, 0.1) is 0 Å². The Morgan fingerprint density at radius 1 is 0.917 bits per heavy atom. The lowest BCUT2D eigenvalue weighted by Gasteiger charge is -2.21. The van der Waals surface area contributed by atoms with E-state index in [-0.39, 0.29) is 11.4 Å². The van der Waals surface area contributed by atoms with Crippen molar-refractivity contribution in [3.63, 3.8) is 0 Å². The number of rotatable bonds is 5. The van der Waals surface area contributed by atoms with E-state index >= 15 is 0 Å². The number of fused-ring (bicyclic) bond motifs is 1. The summed E-state index contributed by atoms with van der Waals surface area (Å²) in [4.78, 5) is 0.226. The lowest BCUT2D eigenvalue weighted by atomic mass is 10.1. The Bertz CT molecular complexity index is 939. The highest BCUT2D eigenvalue weighted by Gasteiger charge is 2.23. The third kappa shape index (κ3) is 3.33. The first-order chi connectivity index (χ1) is 11.5. The highest BCUT2D eigenvalue weighted by molar-refractivity contribution is 7.89. The Balaban J connectivity index is 1.85. The third-order valence-electron chi connectivity index (χ3n) is 4.04. The fraction of sp³-hybridized carbons (Fsp3) is 0.158. The van der Waals surface area contributed by atoms with Crippen LogP contribution in [-0.2, 0) is 10.0 Å². The first-order valence-corrected chi connectivity index (χ1v) is 9.10. The summed E-state index contributed by atoms with van der Waals surface area (Å²) in [5.41, 5.74) is 0.693. The van der Waals surface area contributed by atoms with Crippen molar-refractivity contribution in [2.75, 3.05) is 13.6 Å². The molecule has 24 heavy (non-hydrogen) atoms. The van der Waals surface area contributed by atoms with Crippen LogP contribution < -0.4 is 0 Å². The minimum atomic E-state index is -3.66. The van der Waals surface area contributed by atoms with Gasteiger partial charge in [0.25, 0.3) is 0 Å². The molecule has 0 spiro atoms. The zero-order chi connectivity index (χ0) is 17.2. The summed E-state index contributed by atoms with van der Waals surface area (Å²) in [7, 11) is -2.18. The van der Waals surface area contributed by atoms with Gasteiger partial charge in [-0.15, -0.1) is 0 Å². The second kappa shape index (κ2) is 6.73. The fourth-order valence-electron chi connectivity index (χ4n) is 2.63. The normalized spacial score (nSPS) is 13.3. The summed E-state index contributed by atoms with van der Waals surface area (Å²) >= 11 is 0. The number of hydrogen-bond acceptors (Lipinski definition) is 3. The van der Waals surface area contributed by atoms with Crippen molar-refractivity contribution in [2.45, 2.75) is 11.0 Å². The summed E-state index contributed by atoms with van der Waals surface area (Å²) in [6.45, 7) is -0.000820. The van der Waals surface area contributed by atoms with Crippen LogP contribution in [0.5, 0.6) is 0 Å². The Hall–Kier alpha value is -2.21. The van der Waals surface area contributed by atoms with Gasteiger partial charge in [-0.25, -0.2) is 8.42 Å². The number of aliphatic hydroxyl groups is 1. The number of benzene rings is 3. The lowest BCUT2D eigenvalue weighted by Crippen LogP contribution is -2.31. The molecule has 0 saturated carbocycles. The van der Waals surface area contributed by atoms with Gasteiger partial charge in [0.1, 0.15) is 0 Å². The molecule has 0 aliphatic heterocycles. The summed E-state index contributed by atoms with van der Waals surface area (Å²) < 4.78 is 26.7. The van der Waals surface area contributed by atoms with E-state index in [2.05, 4.69) is 0 Å². The number of nitrogens with zero attached hydrogens (tertiary/aromatic N) is 1. The maximum Gasteiger partial charge on any atom is 0.242 e. The van der Waals surface area contributed by atoms with Crippen LogP contribution in [0.4, 0.5) is 0 Å². The van der Waals surface area contributed by atoms with E-state index < -0.39 is 16.1 Å². The standard InChI is InChI=1S/C19H19NO3S/c1-20(14-19(21)16-8-3-2-4-9-16)24(22,23)18-12-11-15-7-5-6-10-17(15)13-18/h2-13,19,21H,14H2,1H3/t19-/m0/s1. The van der Waals surface area contributed by atoms with Gasteiger partial charge in [-0.1, -0.05) is 60.7 Å². The molecule has 0 bridgehead atoms. The predicted molar refractivity (Wildman–Crippen MR) is 95.2 cm³/mol. The molecule has 0 amide bonds. The molecule has 0 fully saturated rings. The van der Waals surface area contributed by atoms with Gasteiger partial charge in [-0.05, 0) is 28.5 Å². The van der Waals surface area contributed by atoms with Crippen molar-refractivity contribution in [3.8, 4) is 0 Å². The molecule has 0 aliphatic rings. The van der Waals surface area contributed by atoms with Gasteiger partial charge < -0.3 is 5.11 Å². The highest BCUT2D eigenvalue weighted by atomic mass is 32.2. The Morgan fingerprint density at radius 2 is 1.54 bits per heavy atom. The van der Waals surface area contributed by atoms with Crippen LogP contribution in [0.1, 0.15) is 11.7 Å². The first-order valence-electron chi connectivity index (χ1n) is 7.66. The minimum Gasteiger partial charge on any atom is -0.387 e. The molecule has 124 valence electrons. The average molecular weight is 341 g/mol. The number of sulfonamides is 1. The van der Waals surface area contributed by atoms with E-state index in [0.717, 1.165) is 10.8 Å². The van der Waals surface area contributed by atoms with Crippen LogP contribution >= 0.6 is 0 Å². The first kappa shape index (κ1) is 16.6. The van der Waals surface area contributed by atoms with Crippen molar-refractivity contribution in [1.82, 2.24) is 4.31 Å². The summed E-state index contributed by atoms with van der Waals surface area (Å²) in [6, 6.07) is 21.7. The SMILES string of the molecule is CN(C[C@H](O)c1ccccc1)S(=O)(=O)c1ccc2ccccc2c1. The van der Waals surface area contributed by atoms with Crippen molar-refractivity contribution in [3.05, 3.63) is 78.4 Å². The largest absolute Gasteiger partial charge is 0.387 e. The van der Waals surface area contributed by atoms with E-state index in [1.54, 1.807) is 30.3 Å². The third-order valence-corrected chi connectivity index (χ3v) is 5.86. The lowest BCUT2D eigenvalue weighted by molar-refractivity contribution is 0.155. The maximum absolute atomic E-state index is 12.8. The molecule has 3 aromatic carbocycles. The second-order valence-electron chi connectivity index (χ2n) is 5.72. The molecule has 1 atom stereocenters. The van der Waals surface area contributed by atoms with Crippen LogP contribution in [0.25, 0.3) is 10.8 Å². The van der Waals surface area contributed by atoms with Crippen molar-refractivity contribution < 1.29 is 13.5 Å². The summed E-state index contributed by atoms with van der Waals surface area (Å²) in [5.74, 6) is 0. The maximum atomic E-state index is 12.8. The van der Waals surface area contributed by atoms with Crippen molar-refractivity contribution in [2.24, 2.45) is 0 Å². The number of hydrogen-bond donors (Lipinski definition) is 1. The topological polar surface area (TPSA) is 57.6 Å². The van der Waals surface area contributed by atoms with Crippen LogP contribution in [-0.4, -0.2) is 31.4 Å². The zero-order valence-corrected chi connectivity index (χ0v) is 14.1. The van der Waals surface area contributed by atoms with Gasteiger partial charge in [0.15, 0.2) is 0 Å². The van der Waals surface area contributed by atoms with Crippen LogP contribution in [0.15, 0.2) is 77.7 Å². The number of aliphatic hydroxyl groups excluding tert-OH is 1. The molecular weight excluding hydrogens is 322 g/mol. The van der Waals surface area contributed by atoms with E-state index in [4.69, 9.17) is 0 Å². The smallest absolute Gasteiger partial charge is 0.242 e. The molecule has 0 radical (unpaired) electrons. The second-order valence-corrected chi connectivity index (χ2v) is 7.77. The Labute approximate surface area is 142 Å². The molecular formula is C19H19NO3S. The van der Waals surface area contributed by atoms with Gasteiger partial charge in [-0.3, -0.25) is 0 Å². The molecule has 0 unspecified atom stereocenters. The van der Waals surface area contributed by atoms with E-state index in [1.807, 2.05) is 42.5 Å². The highest BCUT2D eigenvalue weighted by Crippen LogP contribution is 2.23. The minimum absolute atomic E-state index is 0.000820. The Morgan fingerprint density at radius 3 is 2.25 bits per heavy atom.